The molecule has 12 heavy (non-hydrogen) atoms. The Balaban J connectivity index is 2.31. The Bertz CT molecular complexity index is 101. The number of nitrogens with two attached hydrogens (primary N) is 1. The van der Waals surface area contributed by atoms with E-state index in [-0.39, 0.29) is 0 Å². The van der Waals surface area contributed by atoms with Gasteiger partial charge in [0.25, 0.3) is 0 Å². The lowest BCUT2D eigenvalue weighted by atomic mass is 10.1. The highest BCUT2D eigenvalue weighted by Gasteiger charge is 2.20. The van der Waals surface area contributed by atoms with E-state index in [1.54, 1.807) is 0 Å². The summed E-state index contributed by atoms with van der Waals surface area (Å²) in [6.45, 7) is 7.02. The SMILES string of the molecule is CCCN1CCOCC1CCN. The zero-order chi connectivity index (χ0) is 8.81. The molecule has 1 rings (SSSR count). The summed E-state index contributed by atoms with van der Waals surface area (Å²) in [6, 6.07) is 0.573. The quantitative estimate of drug-likeness (QED) is 0.669. The van der Waals surface area contributed by atoms with Gasteiger partial charge in [0.05, 0.1) is 13.2 Å². The molecule has 0 bridgehead atoms. The first-order valence-electron chi connectivity index (χ1n) is 4.90. The predicted molar refractivity (Wildman–Crippen MR) is 50.1 cm³/mol. The van der Waals surface area contributed by atoms with Crippen LogP contribution in [0.4, 0.5) is 0 Å². The molecule has 1 heterocycles. The van der Waals surface area contributed by atoms with E-state index in [0.717, 1.165) is 32.7 Å². The first-order chi connectivity index (χ1) is 5.88. The van der Waals surface area contributed by atoms with Crippen LogP contribution in [-0.2, 0) is 4.74 Å². The van der Waals surface area contributed by atoms with E-state index < -0.39 is 0 Å². The van der Waals surface area contributed by atoms with Crippen LogP contribution >= 0.6 is 0 Å². The molecule has 1 aliphatic heterocycles. The molecule has 0 aromatic heterocycles. The van der Waals surface area contributed by atoms with Gasteiger partial charge in [0.15, 0.2) is 0 Å². The van der Waals surface area contributed by atoms with Crippen LogP contribution in [0.1, 0.15) is 19.8 Å². The van der Waals surface area contributed by atoms with Gasteiger partial charge in [-0.25, -0.2) is 0 Å². The van der Waals surface area contributed by atoms with Crippen LogP contribution in [0.2, 0.25) is 0 Å². The number of hydrogen-bond donors (Lipinski definition) is 1. The van der Waals surface area contributed by atoms with Crippen LogP contribution in [0.3, 0.4) is 0 Å². The van der Waals surface area contributed by atoms with E-state index in [1.165, 1.54) is 13.0 Å². The van der Waals surface area contributed by atoms with Crippen LogP contribution < -0.4 is 5.73 Å². The first kappa shape index (κ1) is 9.96. The third kappa shape index (κ3) is 2.73. The molecule has 3 nitrogen and oxygen atoms in total. The van der Waals surface area contributed by atoms with Crippen LogP contribution in [-0.4, -0.2) is 43.8 Å². The van der Waals surface area contributed by atoms with E-state index in [0.29, 0.717) is 6.04 Å². The molecule has 1 aliphatic rings. The summed E-state index contributed by atoms with van der Waals surface area (Å²) in [6.07, 6.45) is 2.29. The molecule has 0 spiro atoms. The van der Waals surface area contributed by atoms with Crippen molar-refractivity contribution in [2.24, 2.45) is 5.73 Å². The summed E-state index contributed by atoms with van der Waals surface area (Å²) >= 11 is 0. The molecule has 72 valence electrons. The largest absolute Gasteiger partial charge is 0.378 e. The summed E-state index contributed by atoms with van der Waals surface area (Å²) in [5.74, 6) is 0. The molecule has 1 atom stereocenters. The minimum absolute atomic E-state index is 0.573. The van der Waals surface area contributed by atoms with Gasteiger partial charge in [-0.2, -0.15) is 0 Å². The summed E-state index contributed by atoms with van der Waals surface area (Å²) in [5.41, 5.74) is 5.54. The van der Waals surface area contributed by atoms with E-state index in [9.17, 15) is 0 Å². The second-order valence-electron chi connectivity index (χ2n) is 3.34. The Morgan fingerprint density at radius 1 is 1.58 bits per heavy atom. The highest BCUT2D eigenvalue weighted by Crippen LogP contribution is 2.09. The van der Waals surface area contributed by atoms with E-state index in [1.807, 2.05) is 0 Å². The van der Waals surface area contributed by atoms with Gasteiger partial charge in [-0.15, -0.1) is 0 Å². The lowest BCUT2D eigenvalue weighted by Crippen LogP contribution is -2.46. The minimum Gasteiger partial charge on any atom is -0.378 e. The van der Waals surface area contributed by atoms with E-state index in [4.69, 9.17) is 10.5 Å². The summed E-state index contributed by atoms with van der Waals surface area (Å²) < 4.78 is 5.41. The fraction of sp³-hybridized carbons (Fsp3) is 1.00. The Kier molecular flexibility index (Phi) is 4.58. The minimum atomic E-state index is 0.573. The van der Waals surface area contributed by atoms with Gasteiger partial charge < -0.3 is 10.5 Å². The lowest BCUT2D eigenvalue weighted by Gasteiger charge is -2.35. The van der Waals surface area contributed by atoms with Crippen molar-refractivity contribution in [3.8, 4) is 0 Å². The van der Waals surface area contributed by atoms with Crippen molar-refractivity contribution in [2.75, 3.05) is 32.8 Å². The molecule has 0 aromatic carbocycles. The molecular weight excluding hydrogens is 152 g/mol. The Morgan fingerprint density at radius 2 is 2.42 bits per heavy atom. The van der Waals surface area contributed by atoms with Crippen molar-refractivity contribution < 1.29 is 4.74 Å². The molecule has 0 aliphatic carbocycles. The highest BCUT2D eigenvalue weighted by molar-refractivity contribution is 4.74. The highest BCUT2D eigenvalue weighted by atomic mass is 16.5. The van der Waals surface area contributed by atoms with E-state index >= 15 is 0 Å². The molecule has 0 saturated carbocycles. The predicted octanol–water partition coefficient (Wildman–Crippen LogP) is 0.446. The van der Waals surface area contributed by atoms with Crippen LogP contribution in [0.5, 0.6) is 0 Å². The molecule has 1 fully saturated rings. The Morgan fingerprint density at radius 3 is 3.08 bits per heavy atom. The second kappa shape index (κ2) is 5.51. The zero-order valence-electron chi connectivity index (χ0n) is 7.96. The molecule has 1 unspecified atom stereocenters. The maximum absolute atomic E-state index is 5.54. The smallest absolute Gasteiger partial charge is 0.0622 e. The Labute approximate surface area is 74.9 Å². The van der Waals surface area contributed by atoms with Gasteiger partial charge in [0.2, 0.25) is 0 Å². The molecule has 3 heteroatoms. The molecular formula is C9H20N2O. The van der Waals surface area contributed by atoms with Crippen molar-refractivity contribution >= 4 is 0 Å². The van der Waals surface area contributed by atoms with Crippen molar-refractivity contribution in [3.05, 3.63) is 0 Å². The fourth-order valence-electron chi connectivity index (χ4n) is 1.73. The number of morpholine rings is 1. The number of ether oxygens (including phenoxy) is 1. The average Bonchev–Trinajstić information content (AvgIpc) is 2.09. The van der Waals surface area contributed by atoms with Crippen molar-refractivity contribution in [2.45, 2.75) is 25.8 Å². The van der Waals surface area contributed by atoms with Gasteiger partial charge in [-0.05, 0) is 25.9 Å². The lowest BCUT2D eigenvalue weighted by molar-refractivity contribution is -0.00921. The van der Waals surface area contributed by atoms with Crippen LogP contribution in [0.15, 0.2) is 0 Å². The number of hydrogen-bond acceptors (Lipinski definition) is 3. The standard InChI is InChI=1S/C9H20N2O/c1-2-5-11-6-7-12-8-9(11)3-4-10/h9H,2-8,10H2,1H3. The topological polar surface area (TPSA) is 38.5 Å². The van der Waals surface area contributed by atoms with Gasteiger partial charge in [-0.3, -0.25) is 4.90 Å². The molecule has 0 aromatic rings. The summed E-state index contributed by atoms with van der Waals surface area (Å²) in [7, 11) is 0. The summed E-state index contributed by atoms with van der Waals surface area (Å²) in [4.78, 5) is 2.50. The van der Waals surface area contributed by atoms with Crippen molar-refractivity contribution in [3.63, 3.8) is 0 Å². The Hall–Kier alpha value is -0.120. The van der Waals surface area contributed by atoms with Crippen molar-refractivity contribution in [1.82, 2.24) is 4.90 Å². The average molecular weight is 172 g/mol. The molecule has 2 N–H and O–H groups in total. The fourth-order valence-corrected chi connectivity index (χ4v) is 1.73. The monoisotopic (exact) mass is 172 g/mol. The first-order valence-corrected chi connectivity index (χ1v) is 4.90. The zero-order valence-corrected chi connectivity index (χ0v) is 7.96. The normalized spacial score (nSPS) is 26.0. The maximum atomic E-state index is 5.54. The molecule has 0 radical (unpaired) electrons. The van der Waals surface area contributed by atoms with Crippen LogP contribution in [0, 0.1) is 0 Å². The molecule has 1 saturated heterocycles. The van der Waals surface area contributed by atoms with Gasteiger partial charge >= 0.3 is 0 Å². The van der Waals surface area contributed by atoms with Crippen LogP contribution in [0.25, 0.3) is 0 Å². The van der Waals surface area contributed by atoms with Crippen molar-refractivity contribution in [1.29, 1.82) is 0 Å². The number of rotatable bonds is 4. The maximum Gasteiger partial charge on any atom is 0.0622 e. The van der Waals surface area contributed by atoms with Gasteiger partial charge in [-0.1, -0.05) is 6.92 Å². The van der Waals surface area contributed by atoms with Gasteiger partial charge in [0, 0.05) is 12.6 Å². The third-order valence-corrected chi connectivity index (χ3v) is 2.36. The molecule has 0 amide bonds. The van der Waals surface area contributed by atoms with E-state index in [2.05, 4.69) is 11.8 Å². The second-order valence-corrected chi connectivity index (χ2v) is 3.34. The summed E-state index contributed by atoms with van der Waals surface area (Å²) in [5, 5.41) is 0. The number of nitrogens with zero attached hydrogens (tertiary/aromatic N) is 1. The van der Waals surface area contributed by atoms with Gasteiger partial charge in [0.1, 0.15) is 0 Å². The third-order valence-electron chi connectivity index (χ3n) is 2.36.